The van der Waals surface area contributed by atoms with Gasteiger partial charge in [-0.1, -0.05) is 43.3 Å². The molecule has 1 aliphatic rings. The number of likely N-dealkylation sites (N-methyl/N-ethyl adjacent to an activating group) is 1. The van der Waals surface area contributed by atoms with E-state index >= 15 is 0 Å². The Morgan fingerprint density at radius 2 is 1.74 bits per heavy atom. The summed E-state index contributed by atoms with van der Waals surface area (Å²) in [6.07, 6.45) is 4.55. The van der Waals surface area contributed by atoms with E-state index in [1.165, 1.54) is 22.3 Å². The molecule has 1 aliphatic heterocycles. The lowest BCUT2D eigenvalue weighted by Gasteiger charge is -2.32. The number of benzene rings is 2. The van der Waals surface area contributed by atoms with E-state index in [1.54, 1.807) is 6.20 Å². The average Bonchev–Trinajstić information content (AvgIpc) is 2.97. The smallest absolute Gasteiger partial charge is 0.134 e. The van der Waals surface area contributed by atoms with Crippen LogP contribution in [0.5, 0.6) is 0 Å². The van der Waals surface area contributed by atoms with Gasteiger partial charge in [-0.25, -0.2) is 4.98 Å². The monoisotopic (exact) mass is 520 g/mol. The molecule has 0 spiro atoms. The van der Waals surface area contributed by atoms with E-state index < -0.39 is 0 Å². The van der Waals surface area contributed by atoms with Gasteiger partial charge in [0.25, 0.3) is 0 Å². The lowest BCUT2D eigenvalue weighted by Crippen LogP contribution is -2.43. The van der Waals surface area contributed by atoms with Crippen molar-refractivity contribution in [2.45, 2.75) is 39.8 Å². The van der Waals surface area contributed by atoms with Crippen molar-refractivity contribution in [1.82, 2.24) is 19.8 Å². The van der Waals surface area contributed by atoms with Gasteiger partial charge in [0.05, 0.1) is 5.69 Å². The summed E-state index contributed by atoms with van der Waals surface area (Å²) in [6.45, 7) is 12.1. The molecular weight excluding hydrogens is 480 g/mol. The summed E-state index contributed by atoms with van der Waals surface area (Å²) in [4.78, 5) is 14.2. The molecule has 6 nitrogen and oxygen atoms in total. The largest absolute Gasteiger partial charge is 0.378 e. The molecule has 1 saturated heterocycles. The van der Waals surface area contributed by atoms with Crippen LogP contribution in [0.4, 0.5) is 17.2 Å². The van der Waals surface area contributed by atoms with Gasteiger partial charge < -0.3 is 15.5 Å². The van der Waals surface area contributed by atoms with Crippen LogP contribution in [0.1, 0.15) is 42.1 Å². The molecule has 2 aromatic carbocycles. The molecule has 0 saturated carbocycles. The second-order valence-electron chi connectivity index (χ2n) is 10.6. The first-order valence-electron chi connectivity index (χ1n) is 14.0. The molecule has 0 bridgehead atoms. The summed E-state index contributed by atoms with van der Waals surface area (Å²) in [7, 11) is 2.20. The second kappa shape index (κ2) is 12.4. The van der Waals surface area contributed by atoms with Gasteiger partial charge in [0.15, 0.2) is 0 Å². The zero-order valence-electron chi connectivity index (χ0n) is 23.6. The SMILES string of the molecule is CCc1ccc(-c2cccnc2)nc1Nc1cc(NC(C)c2ccc(CN3CCN(C)CC3)cc2)ccc1C. The lowest BCUT2D eigenvalue weighted by molar-refractivity contribution is 0.148. The molecular formula is C33H40N6. The fraction of sp³-hybridized carbons (Fsp3) is 0.333. The number of piperazine rings is 1. The zero-order valence-corrected chi connectivity index (χ0v) is 23.6. The Balaban J connectivity index is 1.27. The number of anilines is 3. The third-order valence-corrected chi connectivity index (χ3v) is 7.67. The van der Waals surface area contributed by atoms with E-state index in [2.05, 4.69) is 108 Å². The molecule has 39 heavy (non-hydrogen) atoms. The van der Waals surface area contributed by atoms with E-state index in [-0.39, 0.29) is 6.04 Å². The Kier molecular flexibility index (Phi) is 8.54. The van der Waals surface area contributed by atoms with Crippen LogP contribution in [0.25, 0.3) is 11.3 Å². The number of hydrogen-bond acceptors (Lipinski definition) is 6. The Bertz CT molecular complexity index is 1360. The third kappa shape index (κ3) is 6.83. The summed E-state index contributed by atoms with van der Waals surface area (Å²) in [5, 5.41) is 7.32. The first kappa shape index (κ1) is 26.9. The summed E-state index contributed by atoms with van der Waals surface area (Å²) in [5.74, 6) is 0.892. The van der Waals surface area contributed by atoms with Crippen molar-refractivity contribution in [3.05, 3.63) is 101 Å². The van der Waals surface area contributed by atoms with Gasteiger partial charge in [-0.15, -0.1) is 0 Å². The molecule has 0 radical (unpaired) electrons. The highest BCUT2D eigenvalue weighted by molar-refractivity contribution is 5.70. The highest BCUT2D eigenvalue weighted by Gasteiger charge is 2.15. The molecule has 202 valence electrons. The lowest BCUT2D eigenvalue weighted by atomic mass is 10.0. The van der Waals surface area contributed by atoms with Crippen LogP contribution >= 0.6 is 0 Å². The van der Waals surface area contributed by atoms with Crippen LogP contribution in [0.15, 0.2) is 79.1 Å². The number of nitrogens with zero attached hydrogens (tertiary/aromatic N) is 4. The van der Waals surface area contributed by atoms with Gasteiger partial charge >= 0.3 is 0 Å². The van der Waals surface area contributed by atoms with Crippen molar-refractivity contribution in [3.8, 4) is 11.3 Å². The van der Waals surface area contributed by atoms with Crippen molar-refractivity contribution in [2.75, 3.05) is 43.9 Å². The number of aromatic nitrogens is 2. The fourth-order valence-corrected chi connectivity index (χ4v) is 5.04. The Hall–Kier alpha value is -3.74. The minimum atomic E-state index is 0.191. The van der Waals surface area contributed by atoms with Crippen LogP contribution in [0.2, 0.25) is 0 Å². The van der Waals surface area contributed by atoms with Crippen molar-refractivity contribution >= 4 is 17.2 Å². The van der Waals surface area contributed by atoms with Crippen LogP contribution in [0.3, 0.4) is 0 Å². The first-order chi connectivity index (χ1) is 19.0. The van der Waals surface area contributed by atoms with Crippen LogP contribution in [-0.2, 0) is 13.0 Å². The van der Waals surface area contributed by atoms with Crippen molar-refractivity contribution in [1.29, 1.82) is 0 Å². The van der Waals surface area contributed by atoms with Gasteiger partial charge in [0.1, 0.15) is 5.82 Å². The molecule has 1 fully saturated rings. The molecule has 5 rings (SSSR count). The molecule has 0 aliphatic carbocycles. The number of hydrogen-bond donors (Lipinski definition) is 2. The maximum absolute atomic E-state index is 4.96. The van der Waals surface area contributed by atoms with Crippen LogP contribution in [-0.4, -0.2) is 53.0 Å². The highest BCUT2D eigenvalue weighted by Crippen LogP contribution is 2.29. The summed E-state index contributed by atoms with van der Waals surface area (Å²) in [6, 6.07) is 24.0. The third-order valence-electron chi connectivity index (χ3n) is 7.67. The summed E-state index contributed by atoms with van der Waals surface area (Å²) >= 11 is 0. The minimum Gasteiger partial charge on any atom is -0.378 e. The average molecular weight is 521 g/mol. The van der Waals surface area contributed by atoms with Crippen molar-refractivity contribution in [3.63, 3.8) is 0 Å². The molecule has 6 heteroatoms. The molecule has 2 N–H and O–H groups in total. The topological polar surface area (TPSA) is 56.3 Å². The summed E-state index contributed by atoms with van der Waals surface area (Å²) in [5.41, 5.74) is 9.09. The van der Waals surface area contributed by atoms with Gasteiger partial charge in [-0.3, -0.25) is 9.88 Å². The minimum absolute atomic E-state index is 0.191. The molecule has 1 unspecified atom stereocenters. The highest BCUT2D eigenvalue weighted by atomic mass is 15.2. The van der Waals surface area contributed by atoms with E-state index in [0.29, 0.717) is 0 Å². The molecule has 2 aromatic heterocycles. The normalized spacial score (nSPS) is 15.2. The fourth-order valence-electron chi connectivity index (χ4n) is 5.04. The van der Waals surface area contributed by atoms with Gasteiger partial charge in [0, 0.05) is 68.1 Å². The van der Waals surface area contributed by atoms with Gasteiger partial charge in [0.2, 0.25) is 0 Å². The number of aryl methyl sites for hydroxylation is 2. The quantitative estimate of drug-likeness (QED) is 0.257. The number of rotatable bonds is 9. The Morgan fingerprint density at radius 1 is 0.949 bits per heavy atom. The van der Waals surface area contributed by atoms with Crippen LogP contribution in [0, 0.1) is 6.92 Å². The second-order valence-corrected chi connectivity index (χ2v) is 10.6. The Labute approximate surface area is 233 Å². The van der Waals surface area contributed by atoms with E-state index in [0.717, 1.165) is 67.6 Å². The molecule has 1 atom stereocenters. The molecule has 0 amide bonds. The van der Waals surface area contributed by atoms with Crippen LogP contribution < -0.4 is 10.6 Å². The first-order valence-corrected chi connectivity index (χ1v) is 14.0. The standard InChI is InChI=1S/C33H40N6/c1-5-27-13-15-31(29-7-6-16-34-22-29)36-33(27)37-32-21-30(14-8-24(32)2)35-25(3)28-11-9-26(10-12-28)23-39-19-17-38(4)18-20-39/h6-16,21-22,25,35H,5,17-20,23H2,1-4H3,(H,36,37). The number of pyridine rings is 2. The predicted molar refractivity (Wildman–Crippen MR) is 163 cm³/mol. The molecule has 3 heterocycles. The Morgan fingerprint density at radius 3 is 2.46 bits per heavy atom. The molecule has 4 aromatic rings. The van der Waals surface area contributed by atoms with Gasteiger partial charge in [-0.2, -0.15) is 0 Å². The number of nitrogens with one attached hydrogen (secondary N) is 2. The maximum Gasteiger partial charge on any atom is 0.134 e. The van der Waals surface area contributed by atoms with Crippen molar-refractivity contribution < 1.29 is 0 Å². The maximum atomic E-state index is 4.96. The van der Waals surface area contributed by atoms with E-state index in [9.17, 15) is 0 Å². The van der Waals surface area contributed by atoms with E-state index in [1.807, 2.05) is 18.3 Å². The van der Waals surface area contributed by atoms with E-state index in [4.69, 9.17) is 4.98 Å². The summed E-state index contributed by atoms with van der Waals surface area (Å²) < 4.78 is 0. The predicted octanol–water partition coefficient (Wildman–Crippen LogP) is 6.68. The zero-order chi connectivity index (χ0) is 27.2. The van der Waals surface area contributed by atoms with Crippen molar-refractivity contribution in [2.24, 2.45) is 0 Å². The van der Waals surface area contributed by atoms with Gasteiger partial charge in [-0.05, 0) is 79.9 Å².